The highest BCUT2D eigenvalue weighted by Gasteiger charge is 2.40. The molecule has 0 radical (unpaired) electrons. The predicted octanol–water partition coefficient (Wildman–Crippen LogP) is 3.22. The molecule has 0 spiro atoms. The van der Waals surface area contributed by atoms with Crippen molar-refractivity contribution in [3.63, 3.8) is 0 Å². The number of carbonyl (C=O) groups is 2. The summed E-state index contributed by atoms with van der Waals surface area (Å²) in [5.41, 5.74) is 1.29. The highest BCUT2D eigenvalue weighted by Crippen LogP contribution is 2.41. The fourth-order valence-electron chi connectivity index (χ4n) is 5.34. The minimum absolute atomic E-state index is 0.00207. The van der Waals surface area contributed by atoms with E-state index in [-0.39, 0.29) is 36.0 Å². The second kappa shape index (κ2) is 8.70. The van der Waals surface area contributed by atoms with E-state index in [1.807, 2.05) is 26.0 Å². The molecular formula is C26H29N5O5. The van der Waals surface area contributed by atoms with E-state index in [2.05, 4.69) is 21.0 Å². The first-order chi connectivity index (χ1) is 17.4. The molecule has 0 bridgehead atoms. The zero-order chi connectivity index (χ0) is 24.9. The van der Waals surface area contributed by atoms with Crippen LogP contribution in [0.2, 0.25) is 0 Å². The molecule has 3 atom stereocenters. The van der Waals surface area contributed by atoms with Crippen LogP contribution in [0, 0.1) is 5.92 Å². The molecule has 10 nitrogen and oxygen atoms in total. The molecule has 3 N–H and O–H groups in total. The lowest BCUT2D eigenvalue weighted by molar-refractivity contribution is -0.130. The van der Waals surface area contributed by atoms with Gasteiger partial charge in [-0.25, -0.2) is 4.68 Å². The third-order valence-electron chi connectivity index (χ3n) is 6.94. The Morgan fingerprint density at radius 2 is 2.17 bits per heavy atom. The summed E-state index contributed by atoms with van der Waals surface area (Å²) in [6.45, 7) is 3.83. The molecule has 6 rings (SSSR count). The van der Waals surface area contributed by atoms with Crippen molar-refractivity contribution in [1.29, 1.82) is 0 Å². The number of aromatic nitrogens is 2. The van der Waals surface area contributed by atoms with Gasteiger partial charge in [-0.3, -0.25) is 14.9 Å². The van der Waals surface area contributed by atoms with Gasteiger partial charge in [-0.05, 0) is 44.9 Å². The van der Waals surface area contributed by atoms with Gasteiger partial charge < -0.3 is 24.5 Å². The van der Waals surface area contributed by atoms with Crippen LogP contribution in [-0.4, -0.2) is 39.8 Å². The lowest BCUT2D eigenvalue weighted by Crippen LogP contribution is -2.57. The molecule has 1 aromatic carbocycles. The van der Waals surface area contributed by atoms with Gasteiger partial charge in [0.1, 0.15) is 17.1 Å². The highest BCUT2D eigenvalue weighted by molar-refractivity contribution is 5.91. The quantitative estimate of drug-likeness (QED) is 0.484. The van der Waals surface area contributed by atoms with Gasteiger partial charge in [0.25, 0.3) is 5.91 Å². The van der Waals surface area contributed by atoms with Crippen molar-refractivity contribution in [3.8, 4) is 23.0 Å². The van der Waals surface area contributed by atoms with Crippen LogP contribution in [0.5, 0.6) is 11.5 Å². The number of furan rings is 1. The van der Waals surface area contributed by atoms with Crippen LogP contribution in [0.25, 0.3) is 11.5 Å². The first kappa shape index (κ1) is 22.7. The van der Waals surface area contributed by atoms with E-state index in [0.717, 1.165) is 31.2 Å². The van der Waals surface area contributed by atoms with Crippen molar-refractivity contribution in [2.75, 3.05) is 11.9 Å². The number of rotatable bonds is 6. The Kier molecular flexibility index (Phi) is 5.48. The number of benzene rings is 1. The second-order valence-corrected chi connectivity index (χ2v) is 10.2. The molecule has 3 unspecified atom stereocenters. The van der Waals surface area contributed by atoms with Crippen LogP contribution >= 0.6 is 0 Å². The monoisotopic (exact) mass is 491 g/mol. The SMILES string of the molecule is CC1(C)Cc2cccc(OCC(=O)Nc3cc(-c4ccco4)nn3C3NC(=O)C4CCCC4N3)c2O1. The van der Waals surface area contributed by atoms with Gasteiger partial charge in [-0.1, -0.05) is 18.6 Å². The molecule has 3 aromatic rings. The maximum atomic E-state index is 12.9. The predicted molar refractivity (Wildman–Crippen MR) is 130 cm³/mol. The molecule has 1 saturated carbocycles. The van der Waals surface area contributed by atoms with E-state index in [0.29, 0.717) is 28.8 Å². The van der Waals surface area contributed by atoms with Crippen molar-refractivity contribution in [2.24, 2.45) is 5.92 Å². The molecule has 1 saturated heterocycles. The number of fused-ring (bicyclic) bond motifs is 2. The number of amides is 2. The summed E-state index contributed by atoms with van der Waals surface area (Å²) >= 11 is 0. The average molecular weight is 492 g/mol. The maximum Gasteiger partial charge on any atom is 0.263 e. The molecule has 1 aliphatic carbocycles. The Bertz CT molecular complexity index is 1300. The maximum absolute atomic E-state index is 12.9. The Labute approximate surface area is 208 Å². The van der Waals surface area contributed by atoms with Crippen LogP contribution in [0.15, 0.2) is 47.1 Å². The number of para-hydroxylation sites is 1. The van der Waals surface area contributed by atoms with Crippen molar-refractivity contribution < 1.29 is 23.5 Å². The van der Waals surface area contributed by atoms with Crippen LogP contribution in [0.3, 0.4) is 0 Å². The Morgan fingerprint density at radius 3 is 3.00 bits per heavy atom. The average Bonchev–Trinajstić information content (AvgIpc) is 3.62. The lowest BCUT2D eigenvalue weighted by Gasteiger charge is -2.34. The lowest BCUT2D eigenvalue weighted by atomic mass is 10.0. The summed E-state index contributed by atoms with van der Waals surface area (Å²) in [5, 5.41) is 14.0. The number of carbonyl (C=O) groups excluding carboxylic acids is 2. The third-order valence-corrected chi connectivity index (χ3v) is 6.94. The largest absolute Gasteiger partial charge is 0.483 e. The van der Waals surface area contributed by atoms with Crippen LogP contribution in [-0.2, 0) is 16.0 Å². The normalized spacial score (nSPS) is 23.9. The molecule has 2 fully saturated rings. The first-order valence-electron chi connectivity index (χ1n) is 12.3. The van der Waals surface area contributed by atoms with Crippen LogP contribution < -0.4 is 25.4 Å². The van der Waals surface area contributed by atoms with Crippen molar-refractivity contribution >= 4 is 17.6 Å². The third kappa shape index (κ3) is 4.21. The van der Waals surface area contributed by atoms with Gasteiger partial charge in [-0.15, -0.1) is 0 Å². The summed E-state index contributed by atoms with van der Waals surface area (Å²) < 4.78 is 19.0. The van der Waals surface area contributed by atoms with E-state index in [1.54, 1.807) is 35.2 Å². The number of ether oxygens (including phenoxy) is 2. The van der Waals surface area contributed by atoms with Crippen molar-refractivity contribution in [2.45, 2.75) is 57.5 Å². The van der Waals surface area contributed by atoms with Crippen molar-refractivity contribution in [1.82, 2.24) is 20.4 Å². The van der Waals surface area contributed by atoms with Gasteiger partial charge in [0, 0.05) is 24.1 Å². The summed E-state index contributed by atoms with van der Waals surface area (Å²) in [4.78, 5) is 25.6. The van der Waals surface area contributed by atoms with Gasteiger partial charge in [0.2, 0.25) is 5.91 Å². The van der Waals surface area contributed by atoms with Crippen LogP contribution in [0.4, 0.5) is 5.82 Å². The van der Waals surface area contributed by atoms with Crippen molar-refractivity contribution in [3.05, 3.63) is 48.2 Å². The summed E-state index contributed by atoms with van der Waals surface area (Å²) in [5.74, 6) is 1.79. The van der Waals surface area contributed by atoms with E-state index in [4.69, 9.17) is 13.9 Å². The number of nitrogens with one attached hydrogen (secondary N) is 3. The Hall–Kier alpha value is -3.79. The smallest absolute Gasteiger partial charge is 0.263 e. The molecule has 10 heteroatoms. The van der Waals surface area contributed by atoms with E-state index >= 15 is 0 Å². The molecule has 2 amide bonds. The van der Waals surface area contributed by atoms with E-state index in [9.17, 15) is 9.59 Å². The van der Waals surface area contributed by atoms with Gasteiger partial charge >= 0.3 is 0 Å². The van der Waals surface area contributed by atoms with Gasteiger partial charge in [-0.2, -0.15) is 5.10 Å². The zero-order valence-electron chi connectivity index (χ0n) is 20.2. The van der Waals surface area contributed by atoms with Gasteiger partial charge in [0.15, 0.2) is 30.2 Å². The Balaban J connectivity index is 1.20. The Morgan fingerprint density at radius 1 is 1.28 bits per heavy atom. The minimum atomic E-state index is -0.593. The zero-order valence-corrected chi connectivity index (χ0v) is 20.2. The molecule has 2 aliphatic heterocycles. The number of anilines is 1. The highest BCUT2D eigenvalue weighted by atomic mass is 16.5. The molecule has 4 heterocycles. The summed E-state index contributed by atoms with van der Waals surface area (Å²) in [6.07, 6.45) is 4.55. The number of hydrogen-bond donors (Lipinski definition) is 3. The summed E-state index contributed by atoms with van der Waals surface area (Å²) in [6, 6.07) is 11.1. The fourth-order valence-corrected chi connectivity index (χ4v) is 5.34. The molecule has 188 valence electrons. The molecular weight excluding hydrogens is 462 g/mol. The van der Waals surface area contributed by atoms with E-state index < -0.39 is 6.29 Å². The minimum Gasteiger partial charge on any atom is -0.483 e. The first-order valence-corrected chi connectivity index (χ1v) is 12.3. The number of nitrogens with zero attached hydrogens (tertiary/aromatic N) is 2. The number of hydrogen-bond acceptors (Lipinski definition) is 7. The summed E-state index contributed by atoms with van der Waals surface area (Å²) in [7, 11) is 0. The molecule has 2 aromatic heterocycles. The fraction of sp³-hybridized carbons (Fsp3) is 0.423. The van der Waals surface area contributed by atoms with Crippen LogP contribution in [0.1, 0.15) is 45.0 Å². The van der Waals surface area contributed by atoms with Gasteiger partial charge in [0.05, 0.1) is 12.2 Å². The van der Waals surface area contributed by atoms with E-state index in [1.165, 1.54) is 0 Å². The topological polar surface area (TPSA) is 120 Å². The molecule has 36 heavy (non-hydrogen) atoms. The second-order valence-electron chi connectivity index (χ2n) is 10.2. The standard InChI is InChI=1S/C26H29N5O5/c1-26(2)13-15-6-3-9-20(23(15)36-26)35-14-22(32)28-21-12-18(19-10-5-11-34-19)30-31(21)25-27-17-8-4-7-16(17)24(33)29-25/h3,5-6,9-12,16-17,25,27H,4,7-8,13-14H2,1-2H3,(H,28,32)(H,29,33). The molecule has 3 aliphatic rings.